The molecule has 8 heteroatoms. The van der Waals surface area contributed by atoms with Crippen molar-refractivity contribution in [3.63, 3.8) is 0 Å². The summed E-state index contributed by atoms with van der Waals surface area (Å²) in [5.74, 6) is 0.579. The van der Waals surface area contributed by atoms with Gasteiger partial charge in [-0.15, -0.1) is 0 Å². The van der Waals surface area contributed by atoms with Crippen LogP contribution >= 0.6 is 0 Å². The van der Waals surface area contributed by atoms with Crippen molar-refractivity contribution in [1.29, 1.82) is 0 Å². The van der Waals surface area contributed by atoms with E-state index in [4.69, 9.17) is 9.47 Å². The number of anilines is 1. The third-order valence-electron chi connectivity index (χ3n) is 3.76. The molecule has 0 bridgehead atoms. The number of amides is 1. The lowest BCUT2D eigenvalue weighted by molar-refractivity contribution is -0.118. The van der Waals surface area contributed by atoms with E-state index in [1.54, 1.807) is 36.4 Å². The van der Waals surface area contributed by atoms with E-state index in [1.165, 1.54) is 19.2 Å². The van der Waals surface area contributed by atoms with Gasteiger partial charge in [-0.1, -0.05) is 18.2 Å². The van der Waals surface area contributed by atoms with Crippen molar-refractivity contribution in [3.8, 4) is 11.5 Å². The molecule has 2 aromatic carbocycles. The molecule has 26 heavy (non-hydrogen) atoms. The van der Waals surface area contributed by atoms with E-state index in [0.717, 1.165) is 12.8 Å². The first kappa shape index (κ1) is 18.2. The Bertz CT molecular complexity index is 894. The summed E-state index contributed by atoms with van der Waals surface area (Å²) in [5, 5.41) is 2.63. The minimum atomic E-state index is -3.57. The molecule has 0 spiro atoms. The first-order valence-corrected chi connectivity index (χ1v) is 9.64. The van der Waals surface area contributed by atoms with Crippen LogP contribution in [0.4, 0.5) is 5.69 Å². The van der Waals surface area contributed by atoms with E-state index in [9.17, 15) is 13.2 Å². The van der Waals surface area contributed by atoms with Crippen molar-refractivity contribution < 1.29 is 22.7 Å². The second-order valence-corrected chi connectivity index (χ2v) is 7.63. The summed E-state index contributed by atoms with van der Waals surface area (Å²) in [7, 11) is -2.05. The van der Waals surface area contributed by atoms with E-state index < -0.39 is 15.9 Å². The maximum atomic E-state index is 12.2. The van der Waals surface area contributed by atoms with Gasteiger partial charge in [0.25, 0.3) is 5.91 Å². The predicted molar refractivity (Wildman–Crippen MR) is 96.9 cm³/mol. The number of nitrogens with one attached hydrogen (secondary N) is 2. The molecule has 2 aromatic rings. The Morgan fingerprint density at radius 3 is 2.54 bits per heavy atom. The lowest BCUT2D eigenvalue weighted by Gasteiger charge is -2.11. The average Bonchev–Trinajstić information content (AvgIpc) is 3.44. The summed E-state index contributed by atoms with van der Waals surface area (Å²) >= 11 is 0. The van der Waals surface area contributed by atoms with Gasteiger partial charge in [0, 0.05) is 11.7 Å². The molecule has 7 nitrogen and oxygen atoms in total. The van der Waals surface area contributed by atoms with Crippen molar-refractivity contribution in [2.45, 2.75) is 23.8 Å². The molecule has 1 aliphatic carbocycles. The first-order valence-electron chi connectivity index (χ1n) is 8.16. The zero-order valence-corrected chi connectivity index (χ0v) is 15.1. The molecule has 1 aliphatic rings. The summed E-state index contributed by atoms with van der Waals surface area (Å²) in [6.45, 7) is -0.225. The molecule has 0 radical (unpaired) electrons. The Balaban J connectivity index is 1.61. The SMILES string of the molecule is COc1ccccc1OCC(=O)Nc1cccc(S(=O)(=O)NC2CC2)c1. The number of methoxy groups -OCH3 is 1. The van der Waals surface area contributed by atoms with Crippen molar-refractivity contribution in [2.24, 2.45) is 0 Å². The van der Waals surface area contributed by atoms with Gasteiger partial charge in [-0.2, -0.15) is 0 Å². The van der Waals surface area contributed by atoms with Gasteiger partial charge in [0.2, 0.25) is 10.0 Å². The molecule has 0 atom stereocenters. The molecule has 2 N–H and O–H groups in total. The zero-order valence-electron chi connectivity index (χ0n) is 14.3. The third-order valence-corrected chi connectivity index (χ3v) is 5.27. The molecule has 1 amide bonds. The van der Waals surface area contributed by atoms with Gasteiger partial charge in [0.1, 0.15) is 0 Å². The summed E-state index contributed by atoms with van der Waals surface area (Å²) in [6, 6.07) is 13.1. The molecule has 0 aliphatic heterocycles. The van der Waals surface area contributed by atoms with Crippen molar-refractivity contribution in [1.82, 2.24) is 4.72 Å². The quantitative estimate of drug-likeness (QED) is 0.736. The van der Waals surface area contributed by atoms with Gasteiger partial charge in [-0.25, -0.2) is 13.1 Å². The Morgan fingerprint density at radius 2 is 1.85 bits per heavy atom. The highest BCUT2D eigenvalue weighted by Gasteiger charge is 2.28. The van der Waals surface area contributed by atoms with Crippen molar-refractivity contribution in [2.75, 3.05) is 19.0 Å². The Kier molecular flexibility index (Phi) is 5.43. The fraction of sp³-hybridized carbons (Fsp3) is 0.278. The molecule has 0 unspecified atom stereocenters. The van der Waals surface area contributed by atoms with Crippen LogP contribution in [0.1, 0.15) is 12.8 Å². The molecular formula is C18H20N2O5S. The zero-order chi connectivity index (χ0) is 18.6. The highest BCUT2D eigenvalue weighted by Crippen LogP contribution is 2.26. The molecule has 1 saturated carbocycles. The van der Waals surface area contributed by atoms with Crippen LogP contribution in [-0.2, 0) is 14.8 Å². The normalized spacial score (nSPS) is 13.9. The number of para-hydroxylation sites is 2. The summed E-state index contributed by atoms with van der Waals surface area (Å²) in [5.41, 5.74) is 0.386. The molecule has 3 rings (SSSR count). The van der Waals surface area contributed by atoms with E-state index >= 15 is 0 Å². The number of hydrogen-bond donors (Lipinski definition) is 2. The summed E-state index contributed by atoms with van der Waals surface area (Å²) in [4.78, 5) is 12.2. The van der Waals surface area contributed by atoms with Gasteiger partial charge < -0.3 is 14.8 Å². The lowest BCUT2D eigenvalue weighted by atomic mass is 10.3. The van der Waals surface area contributed by atoms with Crippen LogP contribution < -0.4 is 19.5 Å². The maximum absolute atomic E-state index is 12.2. The van der Waals surface area contributed by atoms with Crippen LogP contribution in [-0.4, -0.2) is 34.1 Å². The smallest absolute Gasteiger partial charge is 0.262 e. The number of sulfonamides is 1. The second kappa shape index (κ2) is 7.76. The van der Waals surface area contributed by atoms with E-state index in [1.807, 2.05) is 0 Å². The Hall–Kier alpha value is -2.58. The standard InChI is InChI=1S/C18H20N2O5S/c1-24-16-7-2-3-8-17(16)25-12-18(21)19-14-5-4-6-15(11-14)26(22,23)20-13-9-10-13/h2-8,11,13,20H,9-10,12H2,1H3,(H,19,21). The monoisotopic (exact) mass is 376 g/mol. The largest absolute Gasteiger partial charge is 0.493 e. The van der Waals surface area contributed by atoms with Crippen LogP contribution in [0.2, 0.25) is 0 Å². The second-order valence-electron chi connectivity index (χ2n) is 5.91. The number of benzene rings is 2. The van der Waals surface area contributed by atoms with Gasteiger partial charge in [0.15, 0.2) is 18.1 Å². The molecule has 1 fully saturated rings. The highest BCUT2D eigenvalue weighted by atomic mass is 32.2. The van der Waals surface area contributed by atoms with Crippen molar-refractivity contribution >= 4 is 21.6 Å². The number of hydrogen-bond acceptors (Lipinski definition) is 5. The molecule has 0 heterocycles. The van der Waals surface area contributed by atoms with Crippen LogP contribution in [0.15, 0.2) is 53.4 Å². The Morgan fingerprint density at radius 1 is 1.12 bits per heavy atom. The van der Waals surface area contributed by atoms with Crippen LogP contribution in [0.25, 0.3) is 0 Å². The van der Waals surface area contributed by atoms with Crippen LogP contribution in [0, 0.1) is 0 Å². The number of ether oxygens (including phenoxy) is 2. The number of rotatable bonds is 8. The van der Waals surface area contributed by atoms with Crippen LogP contribution in [0.5, 0.6) is 11.5 Å². The van der Waals surface area contributed by atoms with Gasteiger partial charge in [0.05, 0.1) is 12.0 Å². The van der Waals surface area contributed by atoms with Gasteiger partial charge in [-0.3, -0.25) is 4.79 Å². The average molecular weight is 376 g/mol. The Labute approximate surface area is 152 Å². The van der Waals surface area contributed by atoms with Gasteiger partial charge >= 0.3 is 0 Å². The first-order chi connectivity index (χ1) is 12.5. The van der Waals surface area contributed by atoms with E-state index in [0.29, 0.717) is 17.2 Å². The lowest BCUT2D eigenvalue weighted by Crippen LogP contribution is -2.26. The van der Waals surface area contributed by atoms with Gasteiger partial charge in [-0.05, 0) is 43.2 Å². The molecule has 0 aromatic heterocycles. The minimum Gasteiger partial charge on any atom is -0.493 e. The van der Waals surface area contributed by atoms with Crippen LogP contribution in [0.3, 0.4) is 0 Å². The maximum Gasteiger partial charge on any atom is 0.262 e. The summed E-state index contributed by atoms with van der Waals surface area (Å²) < 4.78 is 37.7. The summed E-state index contributed by atoms with van der Waals surface area (Å²) in [6.07, 6.45) is 1.71. The third kappa shape index (κ3) is 4.74. The number of carbonyl (C=O) groups is 1. The molecular weight excluding hydrogens is 356 g/mol. The van der Waals surface area contributed by atoms with E-state index in [-0.39, 0.29) is 17.5 Å². The fourth-order valence-corrected chi connectivity index (χ4v) is 3.66. The minimum absolute atomic E-state index is 0.0208. The van der Waals surface area contributed by atoms with E-state index in [2.05, 4.69) is 10.0 Å². The molecule has 138 valence electrons. The van der Waals surface area contributed by atoms with Crippen molar-refractivity contribution in [3.05, 3.63) is 48.5 Å². The number of carbonyl (C=O) groups excluding carboxylic acids is 1. The topological polar surface area (TPSA) is 93.7 Å². The molecule has 0 saturated heterocycles. The predicted octanol–water partition coefficient (Wildman–Crippen LogP) is 2.15. The highest BCUT2D eigenvalue weighted by molar-refractivity contribution is 7.89. The fourth-order valence-electron chi connectivity index (χ4n) is 2.31.